The first kappa shape index (κ1) is 10.2. The maximum absolute atomic E-state index is 2.32. The van der Waals surface area contributed by atoms with Gasteiger partial charge in [0.15, 0.2) is 0 Å². The molecular weight excluding hydrogens is 180 g/mol. The Labute approximate surface area is 92.3 Å². The highest BCUT2D eigenvalue weighted by molar-refractivity contribution is 5.71. The summed E-state index contributed by atoms with van der Waals surface area (Å²) in [4.78, 5) is 0. The van der Waals surface area contributed by atoms with Crippen LogP contribution in [0.4, 0.5) is 0 Å². The van der Waals surface area contributed by atoms with E-state index in [2.05, 4.69) is 63.3 Å². The van der Waals surface area contributed by atoms with Gasteiger partial charge in [0.2, 0.25) is 0 Å². The largest absolute Gasteiger partial charge is 0.0801 e. The summed E-state index contributed by atoms with van der Waals surface area (Å²) in [6.45, 7) is 6.77. The van der Waals surface area contributed by atoms with Crippen molar-refractivity contribution in [3.05, 3.63) is 53.6 Å². The highest BCUT2D eigenvalue weighted by Crippen LogP contribution is 2.28. The standard InChI is InChI=1S/C15H18/c1-15(2,3)14-10-6-9-13(11-14)12-7-4-5-8-12/h4-7,9-11H,8H2,1-3H3. The van der Waals surface area contributed by atoms with Gasteiger partial charge in [0, 0.05) is 0 Å². The Hall–Kier alpha value is -1.30. The Morgan fingerprint density at radius 2 is 1.93 bits per heavy atom. The van der Waals surface area contributed by atoms with Crippen molar-refractivity contribution in [2.45, 2.75) is 32.6 Å². The minimum atomic E-state index is 0.239. The van der Waals surface area contributed by atoms with Crippen molar-refractivity contribution in [3.8, 4) is 0 Å². The van der Waals surface area contributed by atoms with E-state index in [1.54, 1.807) is 0 Å². The molecule has 0 radical (unpaired) electrons. The summed E-state index contributed by atoms with van der Waals surface area (Å²) in [5.74, 6) is 0. The van der Waals surface area contributed by atoms with Gasteiger partial charge in [-0.2, -0.15) is 0 Å². The summed E-state index contributed by atoms with van der Waals surface area (Å²) < 4.78 is 0. The average Bonchev–Trinajstić information content (AvgIpc) is 2.69. The molecule has 0 aliphatic heterocycles. The summed E-state index contributed by atoms with van der Waals surface area (Å²) in [6, 6.07) is 8.90. The molecule has 0 atom stereocenters. The lowest BCUT2D eigenvalue weighted by molar-refractivity contribution is 0.590. The second kappa shape index (κ2) is 3.69. The summed E-state index contributed by atoms with van der Waals surface area (Å²) in [5, 5.41) is 0. The second-order valence-electron chi connectivity index (χ2n) is 5.15. The van der Waals surface area contributed by atoms with Gasteiger partial charge >= 0.3 is 0 Å². The van der Waals surface area contributed by atoms with Crippen LogP contribution < -0.4 is 0 Å². The number of allylic oxidation sites excluding steroid dienone is 4. The summed E-state index contributed by atoms with van der Waals surface area (Å²) in [5.41, 5.74) is 4.45. The molecule has 0 bridgehead atoms. The zero-order chi connectivity index (χ0) is 10.9. The third-order valence-corrected chi connectivity index (χ3v) is 2.87. The molecule has 2 rings (SSSR count). The van der Waals surface area contributed by atoms with E-state index in [0.717, 1.165) is 6.42 Å². The van der Waals surface area contributed by atoms with Crippen molar-refractivity contribution in [1.29, 1.82) is 0 Å². The highest BCUT2D eigenvalue weighted by atomic mass is 14.2. The lowest BCUT2D eigenvalue weighted by atomic mass is 9.85. The molecule has 0 heteroatoms. The molecule has 1 aromatic carbocycles. The van der Waals surface area contributed by atoms with E-state index in [0.29, 0.717) is 0 Å². The molecular formula is C15H18. The molecule has 0 nitrogen and oxygen atoms in total. The van der Waals surface area contributed by atoms with Crippen LogP contribution in [0.5, 0.6) is 0 Å². The zero-order valence-electron chi connectivity index (χ0n) is 9.75. The van der Waals surface area contributed by atoms with Crippen molar-refractivity contribution in [1.82, 2.24) is 0 Å². The topological polar surface area (TPSA) is 0 Å². The van der Waals surface area contributed by atoms with Crippen LogP contribution in [0.3, 0.4) is 0 Å². The van der Waals surface area contributed by atoms with Gasteiger partial charge in [0.1, 0.15) is 0 Å². The summed E-state index contributed by atoms with van der Waals surface area (Å²) in [7, 11) is 0. The SMILES string of the molecule is CC(C)(C)c1cccc(C2=CC=CC2)c1. The van der Waals surface area contributed by atoms with E-state index in [1.807, 2.05) is 0 Å². The lowest BCUT2D eigenvalue weighted by Gasteiger charge is -2.20. The van der Waals surface area contributed by atoms with Crippen molar-refractivity contribution < 1.29 is 0 Å². The van der Waals surface area contributed by atoms with Gasteiger partial charge < -0.3 is 0 Å². The maximum Gasteiger partial charge on any atom is -0.00884 e. The molecule has 0 spiro atoms. The smallest absolute Gasteiger partial charge is 0.00884 e. The molecule has 0 saturated heterocycles. The van der Waals surface area contributed by atoms with Crippen LogP contribution in [-0.2, 0) is 5.41 Å². The van der Waals surface area contributed by atoms with Crippen molar-refractivity contribution >= 4 is 5.57 Å². The molecule has 0 aromatic heterocycles. The van der Waals surface area contributed by atoms with Crippen molar-refractivity contribution in [2.24, 2.45) is 0 Å². The Balaban J connectivity index is 2.35. The zero-order valence-corrected chi connectivity index (χ0v) is 9.75. The quantitative estimate of drug-likeness (QED) is 0.630. The lowest BCUT2D eigenvalue weighted by Crippen LogP contribution is -2.10. The number of benzene rings is 1. The minimum absolute atomic E-state index is 0.239. The molecule has 1 aliphatic rings. The maximum atomic E-state index is 2.32. The molecule has 0 saturated carbocycles. The van der Waals surface area contributed by atoms with Crippen LogP contribution in [0.1, 0.15) is 38.3 Å². The molecule has 1 aliphatic carbocycles. The van der Waals surface area contributed by atoms with E-state index in [1.165, 1.54) is 16.7 Å². The van der Waals surface area contributed by atoms with E-state index in [9.17, 15) is 0 Å². The van der Waals surface area contributed by atoms with E-state index >= 15 is 0 Å². The number of hydrogen-bond donors (Lipinski definition) is 0. The van der Waals surface area contributed by atoms with E-state index in [-0.39, 0.29) is 5.41 Å². The van der Waals surface area contributed by atoms with Gasteiger partial charge in [-0.25, -0.2) is 0 Å². The third-order valence-electron chi connectivity index (χ3n) is 2.87. The van der Waals surface area contributed by atoms with Crippen LogP contribution in [0.2, 0.25) is 0 Å². The first-order valence-corrected chi connectivity index (χ1v) is 5.54. The molecule has 78 valence electrons. The average molecular weight is 198 g/mol. The van der Waals surface area contributed by atoms with Gasteiger partial charge in [0.25, 0.3) is 0 Å². The van der Waals surface area contributed by atoms with E-state index in [4.69, 9.17) is 0 Å². The fourth-order valence-corrected chi connectivity index (χ4v) is 1.85. The predicted octanol–water partition coefficient (Wildman–Crippen LogP) is 4.33. The highest BCUT2D eigenvalue weighted by Gasteiger charge is 2.14. The molecule has 1 aromatic rings. The Morgan fingerprint density at radius 1 is 1.13 bits per heavy atom. The molecule has 0 amide bonds. The molecule has 0 heterocycles. The number of rotatable bonds is 1. The van der Waals surface area contributed by atoms with Crippen molar-refractivity contribution in [2.75, 3.05) is 0 Å². The molecule has 0 unspecified atom stereocenters. The predicted molar refractivity (Wildman–Crippen MR) is 66.9 cm³/mol. The van der Waals surface area contributed by atoms with Crippen LogP contribution in [-0.4, -0.2) is 0 Å². The Kier molecular flexibility index (Phi) is 2.52. The molecule has 0 fully saturated rings. The fraction of sp³-hybridized carbons (Fsp3) is 0.333. The third kappa shape index (κ3) is 2.20. The summed E-state index contributed by atoms with van der Waals surface area (Å²) >= 11 is 0. The molecule has 0 N–H and O–H groups in total. The minimum Gasteiger partial charge on any atom is -0.0801 e. The first-order valence-electron chi connectivity index (χ1n) is 5.54. The van der Waals surface area contributed by atoms with Crippen LogP contribution in [0, 0.1) is 0 Å². The molecule has 15 heavy (non-hydrogen) atoms. The van der Waals surface area contributed by atoms with Gasteiger partial charge in [0.05, 0.1) is 0 Å². The van der Waals surface area contributed by atoms with Crippen LogP contribution in [0.25, 0.3) is 5.57 Å². The van der Waals surface area contributed by atoms with E-state index < -0.39 is 0 Å². The van der Waals surface area contributed by atoms with Crippen molar-refractivity contribution in [3.63, 3.8) is 0 Å². The summed E-state index contributed by atoms with van der Waals surface area (Å²) in [6.07, 6.45) is 7.63. The van der Waals surface area contributed by atoms with Crippen LogP contribution >= 0.6 is 0 Å². The first-order chi connectivity index (χ1) is 7.07. The Bertz CT molecular complexity index is 414. The monoisotopic (exact) mass is 198 g/mol. The number of hydrogen-bond acceptors (Lipinski definition) is 0. The normalized spacial score (nSPS) is 15.5. The second-order valence-corrected chi connectivity index (χ2v) is 5.15. The van der Waals surface area contributed by atoms with Crippen LogP contribution in [0.15, 0.2) is 42.5 Å². The van der Waals surface area contributed by atoms with Gasteiger partial charge in [-0.1, -0.05) is 63.3 Å². The van der Waals surface area contributed by atoms with Gasteiger partial charge in [-0.15, -0.1) is 0 Å². The Morgan fingerprint density at radius 3 is 2.53 bits per heavy atom. The van der Waals surface area contributed by atoms with Gasteiger partial charge in [-0.05, 0) is 28.5 Å². The fourth-order valence-electron chi connectivity index (χ4n) is 1.85. The van der Waals surface area contributed by atoms with Gasteiger partial charge in [-0.3, -0.25) is 0 Å².